The first-order valence-electron chi connectivity index (χ1n) is 7.63. The van der Waals surface area contributed by atoms with Crippen LogP contribution in [0.1, 0.15) is 32.6 Å². The van der Waals surface area contributed by atoms with E-state index in [2.05, 4.69) is 6.92 Å². The molecule has 128 valence electrons. The minimum Gasteiger partial charge on any atom is -0.344 e. The van der Waals surface area contributed by atoms with E-state index in [0.717, 1.165) is 23.5 Å². The van der Waals surface area contributed by atoms with E-state index in [4.69, 9.17) is 4.52 Å². The molecule has 6 N–H and O–H groups in total. The molecule has 0 spiro atoms. The Kier molecular flexibility index (Phi) is 10.4. The lowest BCUT2D eigenvalue weighted by Gasteiger charge is -2.19. The van der Waals surface area contributed by atoms with Gasteiger partial charge in [0.2, 0.25) is 0 Å². The topological polar surface area (TPSA) is 96.3 Å². The lowest BCUT2D eigenvalue weighted by molar-refractivity contribution is 0.314. The molecule has 2 aromatic rings. The second-order valence-electron chi connectivity index (χ2n) is 5.12. The first-order chi connectivity index (χ1) is 10.3. The zero-order chi connectivity index (χ0) is 15.0. The summed E-state index contributed by atoms with van der Waals surface area (Å²) in [5.74, 6) is 0. The van der Waals surface area contributed by atoms with E-state index >= 15 is 0 Å². The van der Waals surface area contributed by atoms with E-state index in [0.29, 0.717) is 6.61 Å². The SMILES string of the molecule is CCCCCCOP(=O)(c1ccccc1)c1ccccc1.N.N. The van der Waals surface area contributed by atoms with Crippen molar-refractivity contribution in [2.24, 2.45) is 0 Å². The van der Waals surface area contributed by atoms with Crippen LogP contribution in [0.25, 0.3) is 0 Å². The van der Waals surface area contributed by atoms with Crippen LogP contribution >= 0.6 is 7.37 Å². The fourth-order valence-corrected chi connectivity index (χ4v) is 4.38. The van der Waals surface area contributed by atoms with Crippen LogP contribution in [0.2, 0.25) is 0 Å². The number of hydrogen-bond donors (Lipinski definition) is 2. The molecule has 0 aromatic heterocycles. The van der Waals surface area contributed by atoms with Gasteiger partial charge in [0, 0.05) is 10.6 Å². The summed E-state index contributed by atoms with van der Waals surface area (Å²) in [4.78, 5) is 0. The molecule has 0 aliphatic heterocycles. The van der Waals surface area contributed by atoms with Crippen molar-refractivity contribution in [2.45, 2.75) is 32.6 Å². The molecule has 0 amide bonds. The minimum absolute atomic E-state index is 0. The molecule has 0 saturated heterocycles. The highest BCUT2D eigenvalue weighted by Gasteiger charge is 2.27. The minimum atomic E-state index is -2.97. The lowest BCUT2D eigenvalue weighted by atomic mass is 10.2. The smallest absolute Gasteiger partial charge is 0.261 e. The van der Waals surface area contributed by atoms with Crippen molar-refractivity contribution in [1.29, 1.82) is 0 Å². The normalized spacial score (nSPS) is 10.5. The van der Waals surface area contributed by atoms with Crippen LogP contribution < -0.4 is 22.9 Å². The Morgan fingerprint density at radius 2 is 1.26 bits per heavy atom. The fraction of sp³-hybridized carbons (Fsp3) is 0.333. The predicted molar refractivity (Wildman–Crippen MR) is 99.9 cm³/mol. The second-order valence-corrected chi connectivity index (χ2v) is 7.51. The third-order valence-electron chi connectivity index (χ3n) is 3.46. The highest BCUT2D eigenvalue weighted by Crippen LogP contribution is 2.44. The number of hydrogen-bond acceptors (Lipinski definition) is 4. The molecule has 2 aromatic carbocycles. The maximum absolute atomic E-state index is 13.4. The Hall–Kier alpha value is -1.45. The van der Waals surface area contributed by atoms with Gasteiger partial charge in [-0.2, -0.15) is 0 Å². The van der Waals surface area contributed by atoms with Crippen molar-refractivity contribution in [3.63, 3.8) is 0 Å². The van der Waals surface area contributed by atoms with Gasteiger partial charge in [-0.15, -0.1) is 0 Å². The number of unbranched alkanes of at least 4 members (excludes halogenated alkanes) is 3. The van der Waals surface area contributed by atoms with Gasteiger partial charge in [0.05, 0.1) is 6.61 Å². The fourth-order valence-electron chi connectivity index (χ4n) is 2.27. The summed E-state index contributed by atoms with van der Waals surface area (Å²) in [6.45, 7) is 2.72. The molecule has 23 heavy (non-hydrogen) atoms. The van der Waals surface area contributed by atoms with Crippen molar-refractivity contribution in [3.05, 3.63) is 60.7 Å². The van der Waals surface area contributed by atoms with Crippen LogP contribution in [-0.4, -0.2) is 6.61 Å². The molecule has 4 nitrogen and oxygen atoms in total. The van der Waals surface area contributed by atoms with E-state index < -0.39 is 7.37 Å². The van der Waals surface area contributed by atoms with Gasteiger partial charge in [0.25, 0.3) is 7.37 Å². The van der Waals surface area contributed by atoms with Gasteiger partial charge < -0.3 is 16.8 Å². The van der Waals surface area contributed by atoms with Crippen LogP contribution in [0.15, 0.2) is 60.7 Å². The van der Waals surface area contributed by atoms with Crippen molar-refractivity contribution >= 4 is 18.0 Å². The molecular weight excluding hydrogens is 307 g/mol. The van der Waals surface area contributed by atoms with E-state index in [-0.39, 0.29) is 12.3 Å². The standard InChI is InChI=1S/C18H23O2P.2H3N/c1-2-3-4-11-16-20-21(19,17-12-7-5-8-13-17)18-14-9-6-10-15-18;;/h5-10,12-15H,2-4,11,16H2,1H3;2*1H3. The average molecular weight is 336 g/mol. The van der Waals surface area contributed by atoms with Gasteiger partial charge in [-0.25, -0.2) is 0 Å². The van der Waals surface area contributed by atoms with E-state index in [1.165, 1.54) is 12.8 Å². The summed E-state index contributed by atoms with van der Waals surface area (Å²) in [6, 6.07) is 19.0. The lowest BCUT2D eigenvalue weighted by Crippen LogP contribution is -2.18. The summed E-state index contributed by atoms with van der Waals surface area (Å²) < 4.78 is 19.3. The predicted octanol–water partition coefficient (Wildman–Crippen LogP) is 4.84. The Balaban J connectivity index is 0.00000242. The van der Waals surface area contributed by atoms with Gasteiger partial charge >= 0.3 is 0 Å². The molecule has 0 aliphatic rings. The Labute approximate surface area is 139 Å². The Morgan fingerprint density at radius 3 is 1.70 bits per heavy atom. The number of rotatable bonds is 8. The van der Waals surface area contributed by atoms with Crippen LogP contribution in [-0.2, 0) is 9.09 Å². The third-order valence-corrected chi connectivity index (χ3v) is 5.97. The molecule has 0 unspecified atom stereocenters. The molecule has 0 bridgehead atoms. The number of benzene rings is 2. The highest BCUT2D eigenvalue weighted by atomic mass is 31.2. The largest absolute Gasteiger partial charge is 0.344 e. The molecule has 0 atom stereocenters. The third kappa shape index (κ3) is 5.92. The van der Waals surface area contributed by atoms with Crippen molar-refractivity contribution < 1.29 is 9.09 Å². The van der Waals surface area contributed by atoms with Crippen LogP contribution in [0.4, 0.5) is 0 Å². The van der Waals surface area contributed by atoms with Crippen LogP contribution in [0.5, 0.6) is 0 Å². The van der Waals surface area contributed by atoms with Crippen molar-refractivity contribution in [3.8, 4) is 0 Å². The molecule has 0 fully saturated rings. The van der Waals surface area contributed by atoms with E-state index in [1.807, 2.05) is 60.7 Å². The second kappa shape index (κ2) is 11.1. The summed E-state index contributed by atoms with van der Waals surface area (Å²) in [6.07, 6.45) is 4.47. The Morgan fingerprint density at radius 1 is 0.783 bits per heavy atom. The quantitative estimate of drug-likeness (QED) is 0.532. The van der Waals surface area contributed by atoms with Gasteiger partial charge in [-0.05, 0) is 30.7 Å². The van der Waals surface area contributed by atoms with Crippen LogP contribution in [0.3, 0.4) is 0 Å². The molecule has 0 heterocycles. The molecular formula is C18H29N2O2P. The van der Waals surface area contributed by atoms with Gasteiger partial charge in [-0.1, -0.05) is 62.6 Å². The van der Waals surface area contributed by atoms with Gasteiger partial charge in [0.15, 0.2) is 0 Å². The summed E-state index contributed by atoms with van der Waals surface area (Å²) in [5, 5.41) is 1.54. The van der Waals surface area contributed by atoms with Crippen molar-refractivity contribution in [2.75, 3.05) is 6.61 Å². The molecule has 2 rings (SSSR count). The van der Waals surface area contributed by atoms with Gasteiger partial charge in [-0.3, -0.25) is 4.57 Å². The zero-order valence-electron chi connectivity index (χ0n) is 14.0. The maximum Gasteiger partial charge on any atom is 0.261 e. The highest BCUT2D eigenvalue weighted by molar-refractivity contribution is 7.74. The molecule has 0 radical (unpaired) electrons. The summed E-state index contributed by atoms with van der Waals surface area (Å²) in [7, 11) is -2.97. The van der Waals surface area contributed by atoms with Crippen LogP contribution in [0, 0.1) is 0 Å². The first-order valence-corrected chi connectivity index (χ1v) is 9.25. The Bertz CT molecular complexity index is 533. The molecule has 0 saturated carbocycles. The first kappa shape index (κ1) is 21.6. The zero-order valence-corrected chi connectivity index (χ0v) is 14.9. The summed E-state index contributed by atoms with van der Waals surface area (Å²) >= 11 is 0. The molecule has 0 aliphatic carbocycles. The maximum atomic E-state index is 13.4. The van der Waals surface area contributed by atoms with E-state index in [9.17, 15) is 4.57 Å². The molecule has 5 heteroatoms. The average Bonchev–Trinajstić information content (AvgIpc) is 2.56. The monoisotopic (exact) mass is 336 g/mol. The summed E-state index contributed by atoms with van der Waals surface area (Å²) in [5.41, 5.74) is 0. The van der Waals surface area contributed by atoms with Crippen molar-refractivity contribution in [1.82, 2.24) is 12.3 Å². The van der Waals surface area contributed by atoms with Gasteiger partial charge in [0.1, 0.15) is 0 Å². The van der Waals surface area contributed by atoms with E-state index in [1.54, 1.807) is 0 Å².